The van der Waals surface area contributed by atoms with Crippen LogP contribution >= 0.6 is 11.3 Å². The summed E-state index contributed by atoms with van der Waals surface area (Å²) in [6.45, 7) is 3.49. The van der Waals surface area contributed by atoms with E-state index in [2.05, 4.69) is 15.6 Å². The Morgan fingerprint density at radius 3 is 3.15 bits per heavy atom. The minimum Gasteiger partial charge on any atom is -0.311 e. The first-order valence-corrected chi connectivity index (χ1v) is 7.22. The van der Waals surface area contributed by atoms with Crippen LogP contribution in [0.25, 0.3) is 0 Å². The van der Waals surface area contributed by atoms with E-state index >= 15 is 0 Å². The van der Waals surface area contributed by atoms with Crippen LogP contribution in [0.3, 0.4) is 0 Å². The summed E-state index contributed by atoms with van der Waals surface area (Å²) in [7, 11) is 0. The van der Waals surface area contributed by atoms with Crippen LogP contribution in [0.2, 0.25) is 0 Å². The standard InChI is InChI=1S/C14H14FN3OS/c1-8-2-3-9(15)6-10(8)13(19)18-14-17-11-4-5-16-7-12(11)20-14/h2-3,6,16H,4-5,7H2,1H3,(H,17,18,19). The van der Waals surface area contributed by atoms with E-state index in [4.69, 9.17) is 0 Å². The number of carbonyl (C=O) groups is 1. The molecule has 1 aromatic heterocycles. The fourth-order valence-corrected chi connectivity index (χ4v) is 3.15. The summed E-state index contributed by atoms with van der Waals surface area (Å²) >= 11 is 1.47. The number of benzene rings is 1. The van der Waals surface area contributed by atoms with Gasteiger partial charge in [-0.3, -0.25) is 10.1 Å². The van der Waals surface area contributed by atoms with E-state index in [-0.39, 0.29) is 5.91 Å². The van der Waals surface area contributed by atoms with Gasteiger partial charge in [0.05, 0.1) is 5.69 Å². The van der Waals surface area contributed by atoms with Gasteiger partial charge in [0.2, 0.25) is 0 Å². The van der Waals surface area contributed by atoms with Crippen LogP contribution in [-0.2, 0) is 13.0 Å². The lowest BCUT2D eigenvalue weighted by molar-refractivity contribution is 0.102. The van der Waals surface area contributed by atoms with E-state index < -0.39 is 5.82 Å². The topological polar surface area (TPSA) is 54.0 Å². The van der Waals surface area contributed by atoms with Gasteiger partial charge < -0.3 is 5.32 Å². The normalized spacial score (nSPS) is 13.9. The number of hydrogen-bond donors (Lipinski definition) is 2. The number of fused-ring (bicyclic) bond motifs is 1. The van der Waals surface area contributed by atoms with Crippen LogP contribution < -0.4 is 10.6 Å². The summed E-state index contributed by atoms with van der Waals surface area (Å²) in [5, 5.41) is 6.60. The molecule has 2 heterocycles. The molecule has 3 rings (SSSR count). The average Bonchev–Trinajstić information content (AvgIpc) is 2.83. The summed E-state index contributed by atoms with van der Waals surface area (Å²) in [6, 6.07) is 4.20. The van der Waals surface area contributed by atoms with E-state index in [0.717, 1.165) is 35.6 Å². The number of hydrogen-bond acceptors (Lipinski definition) is 4. The van der Waals surface area contributed by atoms with Crippen molar-refractivity contribution in [2.75, 3.05) is 11.9 Å². The molecule has 0 spiro atoms. The first-order chi connectivity index (χ1) is 9.63. The molecule has 0 aliphatic carbocycles. The largest absolute Gasteiger partial charge is 0.311 e. The van der Waals surface area contributed by atoms with Gasteiger partial charge in [0.15, 0.2) is 5.13 Å². The molecule has 0 bridgehead atoms. The lowest BCUT2D eigenvalue weighted by Gasteiger charge is -2.09. The van der Waals surface area contributed by atoms with Gasteiger partial charge in [-0.2, -0.15) is 0 Å². The first-order valence-electron chi connectivity index (χ1n) is 6.40. The molecule has 0 fully saturated rings. The molecule has 6 heteroatoms. The zero-order valence-corrected chi connectivity index (χ0v) is 11.8. The minimum absolute atomic E-state index is 0.318. The van der Waals surface area contributed by atoms with Crippen LogP contribution in [0.5, 0.6) is 0 Å². The van der Waals surface area contributed by atoms with Gasteiger partial charge in [-0.25, -0.2) is 9.37 Å². The average molecular weight is 291 g/mol. The van der Waals surface area contributed by atoms with Crippen molar-refractivity contribution in [3.63, 3.8) is 0 Å². The Hall–Kier alpha value is -1.79. The molecule has 20 heavy (non-hydrogen) atoms. The fraction of sp³-hybridized carbons (Fsp3) is 0.286. The zero-order chi connectivity index (χ0) is 14.1. The number of anilines is 1. The minimum atomic E-state index is -0.414. The van der Waals surface area contributed by atoms with E-state index in [9.17, 15) is 9.18 Å². The molecular weight excluding hydrogens is 277 g/mol. The van der Waals surface area contributed by atoms with E-state index in [1.807, 2.05) is 0 Å². The summed E-state index contributed by atoms with van der Waals surface area (Å²) < 4.78 is 13.2. The number of nitrogens with zero attached hydrogens (tertiary/aromatic N) is 1. The Balaban J connectivity index is 1.82. The molecule has 0 atom stereocenters. The highest BCUT2D eigenvalue weighted by molar-refractivity contribution is 7.15. The van der Waals surface area contributed by atoms with Gasteiger partial charge in [-0.15, -0.1) is 11.3 Å². The summed E-state index contributed by atoms with van der Waals surface area (Å²) in [4.78, 5) is 17.7. The number of halogens is 1. The molecule has 2 aromatic rings. The number of amides is 1. The summed E-state index contributed by atoms with van der Waals surface area (Å²) in [6.07, 6.45) is 0.876. The van der Waals surface area contributed by atoms with Crippen molar-refractivity contribution in [3.05, 3.63) is 45.7 Å². The van der Waals surface area contributed by atoms with Crippen molar-refractivity contribution < 1.29 is 9.18 Å². The molecule has 104 valence electrons. The van der Waals surface area contributed by atoms with Crippen LogP contribution in [-0.4, -0.2) is 17.4 Å². The molecular formula is C14H14FN3OS. The van der Waals surface area contributed by atoms with Gasteiger partial charge in [-0.1, -0.05) is 6.07 Å². The van der Waals surface area contributed by atoms with Crippen LogP contribution in [0, 0.1) is 12.7 Å². The van der Waals surface area contributed by atoms with Crippen LogP contribution in [0.1, 0.15) is 26.5 Å². The van der Waals surface area contributed by atoms with Gasteiger partial charge >= 0.3 is 0 Å². The lowest BCUT2D eigenvalue weighted by Crippen LogP contribution is -2.22. The number of nitrogens with one attached hydrogen (secondary N) is 2. The number of carbonyl (C=O) groups excluding carboxylic acids is 1. The molecule has 1 aromatic carbocycles. The number of rotatable bonds is 2. The van der Waals surface area contributed by atoms with Crippen LogP contribution in [0.15, 0.2) is 18.2 Å². The van der Waals surface area contributed by atoms with E-state index in [1.165, 1.54) is 23.5 Å². The Labute approximate surface area is 120 Å². The highest BCUT2D eigenvalue weighted by Gasteiger charge is 2.17. The van der Waals surface area contributed by atoms with Crippen molar-refractivity contribution in [2.45, 2.75) is 19.9 Å². The highest BCUT2D eigenvalue weighted by atomic mass is 32.1. The second kappa shape index (κ2) is 5.30. The van der Waals surface area contributed by atoms with Crippen molar-refractivity contribution >= 4 is 22.4 Å². The SMILES string of the molecule is Cc1ccc(F)cc1C(=O)Nc1nc2c(s1)CNCC2. The predicted molar refractivity (Wildman–Crippen MR) is 76.6 cm³/mol. The molecule has 4 nitrogen and oxygen atoms in total. The maximum atomic E-state index is 13.2. The molecule has 2 N–H and O–H groups in total. The Kier molecular flexibility index (Phi) is 3.50. The molecule has 0 radical (unpaired) electrons. The molecule has 0 unspecified atom stereocenters. The maximum absolute atomic E-state index is 13.2. The maximum Gasteiger partial charge on any atom is 0.257 e. The number of thiazole rings is 1. The summed E-state index contributed by atoms with van der Waals surface area (Å²) in [5.74, 6) is -0.732. The third-order valence-corrected chi connectivity index (χ3v) is 4.28. The third kappa shape index (κ3) is 2.57. The monoisotopic (exact) mass is 291 g/mol. The molecule has 1 amide bonds. The van der Waals surface area contributed by atoms with Crippen LogP contribution in [0.4, 0.5) is 9.52 Å². The Bertz CT molecular complexity index is 645. The van der Waals surface area contributed by atoms with E-state index in [0.29, 0.717) is 10.7 Å². The number of aryl methyl sites for hydroxylation is 1. The molecule has 1 aliphatic heterocycles. The first kappa shape index (κ1) is 13.2. The van der Waals surface area contributed by atoms with Crippen molar-refractivity contribution in [2.24, 2.45) is 0 Å². The fourth-order valence-electron chi connectivity index (χ4n) is 2.18. The Morgan fingerprint density at radius 2 is 2.35 bits per heavy atom. The second-order valence-electron chi connectivity index (χ2n) is 4.73. The van der Waals surface area contributed by atoms with Gasteiger partial charge in [0, 0.05) is 30.0 Å². The van der Waals surface area contributed by atoms with Gasteiger partial charge in [0.1, 0.15) is 5.82 Å². The van der Waals surface area contributed by atoms with Crippen molar-refractivity contribution in [1.29, 1.82) is 0 Å². The van der Waals surface area contributed by atoms with Gasteiger partial charge in [-0.05, 0) is 24.6 Å². The Morgan fingerprint density at radius 1 is 1.50 bits per heavy atom. The van der Waals surface area contributed by atoms with E-state index in [1.54, 1.807) is 13.0 Å². The predicted octanol–water partition coefficient (Wildman–Crippen LogP) is 2.49. The molecule has 0 saturated carbocycles. The quantitative estimate of drug-likeness (QED) is 0.894. The van der Waals surface area contributed by atoms with Crippen molar-refractivity contribution in [3.8, 4) is 0 Å². The number of aromatic nitrogens is 1. The molecule has 0 saturated heterocycles. The third-order valence-electron chi connectivity index (χ3n) is 3.27. The summed E-state index contributed by atoms with van der Waals surface area (Å²) in [5.41, 5.74) is 2.13. The molecule has 1 aliphatic rings. The highest BCUT2D eigenvalue weighted by Crippen LogP contribution is 2.26. The smallest absolute Gasteiger partial charge is 0.257 e. The zero-order valence-electron chi connectivity index (χ0n) is 11.0. The lowest BCUT2D eigenvalue weighted by atomic mass is 10.1. The van der Waals surface area contributed by atoms with Gasteiger partial charge in [0.25, 0.3) is 5.91 Å². The van der Waals surface area contributed by atoms with Crippen molar-refractivity contribution in [1.82, 2.24) is 10.3 Å². The second-order valence-corrected chi connectivity index (χ2v) is 5.81.